The summed E-state index contributed by atoms with van der Waals surface area (Å²) in [6, 6.07) is 9.95. The van der Waals surface area contributed by atoms with Gasteiger partial charge in [-0.25, -0.2) is 18.4 Å². The molecule has 6 nitrogen and oxygen atoms in total. The highest BCUT2D eigenvalue weighted by Gasteiger charge is 2.23. The number of hydrogen-bond acceptors (Lipinski definition) is 4. The van der Waals surface area contributed by atoms with Gasteiger partial charge < -0.3 is 19.9 Å². The van der Waals surface area contributed by atoms with Gasteiger partial charge in [0.1, 0.15) is 17.3 Å². The van der Waals surface area contributed by atoms with Crippen LogP contribution in [0.1, 0.15) is 17.3 Å². The Kier molecular flexibility index (Phi) is 6.08. The summed E-state index contributed by atoms with van der Waals surface area (Å²) in [7, 11) is 0. The summed E-state index contributed by atoms with van der Waals surface area (Å²) in [4.78, 5) is 27.6. The van der Waals surface area contributed by atoms with Crippen molar-refractivity contribution in [3.8, 4) is 0 Å². The largest absolute Gasteiger partial charge is 0.462 e. The van der Waals surface area contributed by atoms with E-state index in [4.69, 9.17) is 4.74 Å². The molecule has 148 valence electrons. The number of hydrogen-bond donors (Lipinski definition) is 1. The van der Waals surface area contributed by atoms with E-state index in [0.29, 0.717) is 38.3 Å². The number of amides is 2. The summed E-state index contributed by atoms with van der Waals surface area (Å²) >= 11 is 0. The number of piperazine rings is 1. The molecule has 0 atom stereocenters. The Labute approximate surface area is 161 Å². The lowest BCUT2D eigenvalue weighted by Crippen LogP contribution is -2.50. The summed E-state index contributed by atoms with van der Waals surface area (Å²) < 4.78 is 32.3. The van der Waals surface area contributed by atoms with Crippen LogP contribution in [-0.2, 0) is 4.74 Å². The third kappa shape index (κ3) is 4.39. The number of carbonyl (C=O) groups excluding carboxylic acids is 2. The van der Waals surface area contributed by atoms with Crippen molar-refractivity contribution in [1.82, 2.24) is 4.90 Å². The van der Waals surface area contributed by atoms with Gasteiger partial charge in [0.25, 0.3) is 0 Å². The van der Waals surface area contributed by atoms with Gasteiger partial charge in [-0.3, -0.25) is 0 Å². The molecule has 1 aliphatic rings. The minimum absolute atomic E-state index is 0.321. The second-order valence-electron chi connectivity index (χ2n) is 6.27. The third-order valence-electron chi connectivity index (χ3n) is 4.51. The number of rotatable bonds is 4. The number of nitrogens with zero attached hydrogens (tertiary/aromatic N) is 2. The van der Waals surface area contributed by atoms with Crippen LogP contribution in [0.25, 0.3) is 0 Å². The van der Waals surface area contributed by atoms with Crippen molar-refractivity contribution in [2.24, 2.45) is 0 Å². The monoisotopic (exact) mass is 389 g/mol. The molecule has 0 unspecified atom stereocenters. The van der Waals surface area contributed by atoms with Crippen LogP contribution in [0.4, 0.5) is 25.0 Å². The van der Waals surface area contributed by atoms with E-state index in [2.05, 4.69) is 10.2 Å². The van der Waals surface area contributed by atoms with Crippen molar-refractivity contribution >= 4 is 23.4 Å². The maximum absolute atomic E-state index is 13.7. The lowest BCUT2D eigenvalue weighted by atomic mass is 10.2. The minimum atomic E-state index is -0.811. The summed E-state index contributed by atoms with van der Waals surface area (Å²) in [5.74, 6) is -1.99. The van der Waals surface area contributed by atoms with Crippen molar-refractivity contribution in [3.63, 3.8) is 0 Å². The first kappa shape index (κ1) is 19.6. The highest BCUT2D eigenvalue weighted by Crippen LogP contribution is 2.21. The van der Waals surface area contributed by atoms with Gasteiger partial charge in [0.2, 0.25) is 0 Å². The predicted octanol–water partition coefficient (Wildman–Crippen LogP) is 3.50. The van der Waals surface area contributed by atoms with E-state index in [1.54, 1.807) is 19.1 Å². The van der Waals surface area contributed by atoms with Crippen molar-refractivity contribution in [2.75, 3.05) is 43.0 Å². The lowest BCUT2D eigenvalue weighted by molar-refractivity contribution is 0.0526. The van der Waals surface area contributed by atoms with Gasteiger partial charge >= 0.3 is 12.0 Å². The number of nitrogens with one attached hydrogen (secondary N) is 1. The molecule has 0 aromatic heterocycles. The van der Waals surface area contributed by atoms with Gasteiger partial charge in [0, 0.05) is 31.9 Å². The molecule has 8 heteroatoms. The molecule has 2 aromatic rings. The highest BCUT2D eigenvalue weighted by atomic mass is 19.1. The van der Waals surface area contributed by atoms with E-state index in [0.717, 1.165) is 17.8 Å². The molecule has 1 saturated heterocycles. The molecule has 2 amide bonds. The fraction of sp³-hybridized carbons (Fsp3) is 0.300. The Balaban J connectivity index is 1.57. The Hall–Kier alpha value is -3.16. The van der Waals surface area contributed by atoms with Crippen LogP contribution >= 0.6 is 0 Å². The first-order valence-electron chi connectivity index (χ1n) is 9.01. The van der Waals surface area contributed by atoms with E-state index in [9.17, 15) is 18.4 Å². The predicted molar refractivity (Wildman–Crippen MR) is 102 cm³/mol. The van der Waals surface area contributed by atoms with Gasteiger partial charge in [-0.05, 0) is 43.3 Å². The molecule has 1 fully saturated rings. The normalized spacial score (nSPS) is 14.0. The highest BCUT2D eigenvalue weighted by molar-refractivity contribution is 5.90. The van der Waals surface area contributed by atoms with Crippen LogP contribution in [0.3, 0.4) is 0 Å². The van der Waals surface area contributed by atoms with Crippen LogP contribution in [0.15, 0.2) is 42.5 Å². The molecular formula is C20H21F2N3O3. The van der Waals surface area contributed by atoms with Crippen LogP contribution in [0.2, 0.25) is 0 Å². The zero-order valence-electron chi connectivity index (χ0n) is 15.5. The van der Waals surface area contributed by atoms with E-state index in [-0.39, 0.29) is 5.97 Å². The van der Waals surface area contributed by atoms with E-state index in [1.165, 1.54) is 11.0 Å². The molecule has 28 heavy (non-hydrogen) atoms. The first-order chi connectivity index (χ1) is 13.5. The van der Waals surface area contributed by atoms with Gasteiger partial charge in [0.15, 0.2) is 0 Å². The van der Waals surface area contributed by atoms with Crippen molar-refractivity contribution < 1.29 is 23.1 Å². The average molecular weight is 389 g/mol. The van der Waals surface area contributed by atoms with Crippen LogP contribution < -0.4 is 10.2 Å². The molecule has 1 heterocycles. The van der Waals surface area contributed by atoms with E-state index in [1.807, 2.05) is 12.1 Å². The second-order valence-corrected chi connectivity index (χ2v) is 6.27. The summed E-state index contributed by atoms with van der Waals surface area (Å²) in [5.41, 5.74) is 0.966. The number of urea groups is 1. The van der Waals surface area contributed by atoms with Crippen molar-refractivity contribution in [2.45, 2.75) is 6.92 Å². The Morgan fingerprint density at radius 3 is 2.18 bits per heavy atom. The van der Waals surface area contributed by atoms with Crippen molar-refractivity contribution in [1.29, 1.82) is 0 Å². The number of benzene rings is 2. The molecule has 3 rings (SSSR count). The Morgan fingerprint density at radius 1 is 1.00 bits per heavy atom. The quantitative estimate of drug-likeness (QED) is 0.813. The molecule has 1 N–H and O–H groups in total. The standard InChI is InChI=1S/C20H21F2N3O3/c1-2-28-19(26)14-6-8-15(9-7-14)24-10-12-25(13-11-24)20(27)23-18-16(21)4-3-5-17(18)22/h3-9H,2,10-13H2,1H3,(H,23,27). The fourth-order valence-electron chi connectivity index (χ4n) is 2.99. The molecule has 1 aliphatic heterocycles. The average Bonchev–Trinajstić information content (AvgIpc) is 2.71. The van der Waals surface area contributed by atoms with Gasteiger partial charge in [-0.1, -0.05) is 6.07 Å². The lowest BCUT2D eigenvalue weighted by Gasteiger charge is -2.36. The first-order valence-corrected chi connectivity index (χ1v) is 9.01. The SMILES string of the molecule is CCOC(=O)c1ccc(N2CCN(C(=O)Nc3c(F)cccc3F)CC2)cc1. The molecular weight excluding hydrogens is 368 g/mol. The number of halogens is 2. The van der Waals surface area contributed by atoms with E-state index < -0.39 is 23.4 Å². The molecule has 0 saturated carbocycles. The van der Waals surface area contributed by atoms with E-state index >= 15 is 0 Å². The number of para-hydroxylation sites is 1. The topological polar surface area (TPSA) is 61.9 Å². The Morgan fingerprint density at radius 2 is 1.61 bits per heavy atom. The van der Waals surface area contributed by atoms with Crippen LogP contribution in [0, 0.1) is 11.6 Å². The molecule has 0 spiro atoms. The minimum Gasteiger partial charge on any atom is -0.462 e. The summed E-state index contributed by atoms with van der Waals surface area (Å²) in [6.07, 6.45) is 0. The fourth-order valence-corrected chi connectivity index (χ4v) is 2.99. The zero-order chi connectivity index (χ0) is 20.1. The number of ether oxygens (including phenoxy) is 1. The second kappa shape index (κ2) is 8.69. The molecule has 2 aromatic carbocycles. The third-order valence-corrected chi connectivity index (χ3v) is 4.51. The van der Waals surface area contributed by atoms with Gasteiger partial charge in [-0.15, -0.1) is 0 Å². The van der Waals surface area contributed by atoms with Crippen LogP contribution in [0.5, 0.6) is 0 Å². The molecule has 0 radical (unpaired) electrons. The van der Waals surface area contributed by atoms with Crippen LogP contribution in [-0.4, -0.2) is 49.7 Å². The smallest absolute Gasteiger partial charge is 0.338 e. The molecule has 0 aliphatic carbocycles. The maximum atomic E-state index is 13.7. The summed E-state index contributed by atoms with van der Waals surface area (Å²) in [6.45, 7) is 4.00. The summed E-state index contributed by atoms with van der Waals surface area (Å²) in [5, 5.41) is 2.30. The molecule has 0 bridgehead atoms. The number of anilines is 2. The van der Waals surface area contributed by atoms with Crippen molar-refractivity contribution in [3.05, 3.63) is 59.7 Å². The maximum Gasteiger partial charge on any atom is 0.338 e. The van der Waals surface area contributed by atoms with Gasteiger partial charge in [-0.2, -0.15) is 0 Å². The Bertz CT molecular complexity index is 830. The van der Waals surface area contributed by atoms with Gasteiger partial charge in [0.05, 0.1) is 12.2 Å². The number of carbonyl (C=O) groups is 2. The number of esters is 1. The zero-order valence-corrected chi connectivity index (χ0v) is 15.5.